The number of rotatable bonds is 3. The van der Waals surface area contributed by atoms with Gasteiger partial charge in [0.2, 0.25) is 0 Å². The standard InChI is InChI=1S/C16H17N3O/c20-16(19-10-12-4-7-17-8-5-12)15-3-1-2-13-11-18-9-6-14(13)15/h1-5,7-8,18H,6,9-11H2,(H,19,20). The van der Waals surface area contributed by atoms with Gasteiger partial charge in [-0.2, -0.15) is 0 Å². The number of nitrogens with zero attached hydrogens (tertiary/aromatic N) is 1. The smallest absolute Gasteiger partial charge is 0.251 e. The van der Waals surface area contributed by atoms with Gasteiger partial charge in [-0.3, -0.25) is 9.78 Å². The van der Waals surface area contributed by atoms with E-state index in [-0.39, 0.29) is 5.91 Å². The van der Waals surface area contributed by atoms with Gasteiger partial charge in [-0.25, -0.2) is 0 Å². The third kappa shape index (κ3) is 2.70. The van der Waals surface area contributed by atoms with E-state index in [1.807, 2.05) is 24.3 Å². The van der Waals surface area contributed by atoms with E-state index in [1.54, 1.807) is 12.4 Å². The largest absolute Gasteiger partial charge is 0.348 e. The summed E-state index contributed by atoms with van der Waals surface area (Å²) >= 11 is 0. The van der Waals surface area contributed by atoms with Crippen molar-refractivity contribution in [2.75, 3.05) is 6.54 Å². The summed E-state index contributed by atoms with van der Waals surface area (Å²) in [6.07, 6.45) is 4.38. The van der Waals surface area contributed by atoms with Crippen molar-refractivity contribution in [3.8, 4) is 0 Å². The van der Waals surface area contributed by atoms with Gasteiger partial charge in [0.15, 0.2) is 0 Å². The number of nitrogens with one attached hydrogen (secondary N) is 2. The van der Waals surface area contributed by atoms with E-state index in [9.17, 15) is 4.79 Å². The zero-order valence-electron chi connectivity index (χ0n) is 11.2. The van der Waals surface area contributed by atoms with Crippen LogP contribution in [-0.4, -0.2) is 17.4 Å². The number of amides is 1. The molecule has 2 heterocycles. The van der Waals surface area contributed by atoms with Crippen LogP contribution < -0.4 is 10.6 Å². The first-order valence-corrected chi connectivity index (χ1v) is 6.83. The fourth-order valence-electron chi connectivity index (χ4n) is 2.52. The second kappa shape index (κ2) is 5.84. The van der Waals surface area contributed by atoms with E-state index in [4.69, 9.17) is 0 Å². The van der Waals surface area contributed by atoms with E-state index in [2.05, 4.69) is 21.7 Å². The first-order chi connectivity index (χ1) is 9.84. The van der Waals surface area contributed by atoms with Crippen LogP contribution in [0.2, 0.25) is 0 Å². The number of carbonyl (C=O) groups is 1. The van der Waals surface area contributed by atoms with Gasteiger partial charge in [-0.1, -0.05) is 12.1 Å². The maximum atomic E-state index is 12.3. The van der Waals surface area contributed by atoms with Crippen molar-refractivity contribution in [3.05, 3.63) is 65.0 Å². The summed E-state index contributed by atoms with van der Waals surface area (Å²) in [5, 5.41) is 6.30. The van der Waals surface area contributed by atoms with Gasteiger partial charge in [-0.15, -0.1) is 0 Å². The van der Waals surface area contributed by atoms with Gasteiger partial charge in [0.25, 0.3) is 5.91 Å². The van der Waals surface area contributed by atoms with Crippen molar-refractivity contribution in [1.29, 1.82) is 0 Å². The molecule has 0 radical (unpaired) electrons. The lowest BCUT2D eigenvalue weighted by Gasteiger charge is -2.20. The lowest BCUT2D eigenvalue weighted by molar-refractivity contribution is 0.0949. The summed E-state index contributed by atoms with van der Waals surface area (Å²) < 4.78 is 0. The van der Waals surface area contributed by atoms with Crippen LogP contribution in [0.5, 0.6) is 0 Å². The predicted octanol–water partition coefficient (Wildman–Crippen LogP) is 1.66. The molecule has 4 nitrogen and oxygen atoms in total. The molecule has 1 aromatic heterocycles. The van der Waals surface area contributed by atoms with E-state index in [0.717, 1.165) is 30.6 Å². The minimum absolute atomic E-state index is 0.000521. The van der Waals surface area contributed by atoms with Gasteiger partial charge in [0, 0.05) is 31.0 Å². The molecule has 102 valence electrons. The highest BCUT2D eigenvalue weighted by Gasteiger charge is 2.16. The molecule has 0 bridgehead atoms. The number of aromatic nitrogens is 1. The van der Waals surface area contributed by atoms with Crippen molar-refractivity contribution < 1.29 is 4.79 Å². The van der Waals surface area contributed by atoms with Gasteiger partial charge >= 0.3 is 0 Å². The van der Waals surface area contributed by atoms with Crippen LogP contribution in [0, 0.1) is 0 Å². The zero-order valence-corrected chi connectivity index (χ0v) is 11.2. The molecule has 0 atom stereocenters. The fraction of sp³-hybridized carbons (Fsp3) is 0.250. The molecule has 1 amide bonds. The molecule has 0 fully saturated rings. The third-order valence-electron chi connectivity index (χ3n) is 3.59. The minimum Gasteiger partial charge on any atom is -0.348 e. The van der Waals surface area contributed by atoms with Gasteiger partial charge < -0.3 is 10.6 Å². The summed E-state index contributed by atoms with van der Waals surface area (Å²) in [5.74, 6) is 0.000521. The number of hydrogen-bond donors (Lipinski definition) is 2. The Bertz CT molecular complexity index is 610. The maximum Gasteiger partial charge on any atom is 0.251 e. The second-order valence-electron chi connectivity index (χ2n) is 4.91. The van der Waals surface area contributed by atoms with Crippen LogP contribution in [0.3, 0.4) is 0 Å². The van der Waals surface area contributed by atoms with Crippen molar-refractivity contribution in [3.63, 3.8) is 0 Å². The normalized spacial score (nSPS) is 13.6. The highest BCUT2D eigenvalue weighted by Crippen LogP contribution is 2.18. The van der Waals surface area contributed by atoms with Crippen LogP contribution in [-0.2, 0) is 19.5 Å². The molecule has 1 aliphatic heterocycles. The number of pyridine rings is 1. The lowest BCUT2D eigenvalue weighted by Crippen LogP contribution is -2.29. The average molecular weight is 267 g/mol. The first kappa shape index (κ1) is 12.8. The second-order valence-corrected chi connectivity index (χ2v) is 4.91. The van der Waals surface area contributed by atoms with Crippen LogP contribution in [0.4, 0.5) is 0 Å². The molecule has 0 saturated heterocycles. The molecule has 0 aliphatic carbocycles. The maximum absolute atomic E-state index is 12.3. The van der Waals surface area contributed by atoms with E-state index >= 15 is 0 Å². The fourth-order valence-corrected chi connectivity index (χ4v) is 2.52. The zero-order chi connectivity index (χ0) is 13.8. The summed E-state index contributed by atoms with van der Waals surface area (Å²) in [7, 11) is 0. The number of carbonyl (C=O) groups excluding carboxylic acids is 1. The van der Waals surface area contributed by atoms with E-state index in [1.165, 1.54) is 11.1 Å². The number of fused-ring (bicyclic) bond motifs is 1. The van der Waals surface area contributed by atoms with E-state index in [0.29, 0.717) is 6.54 Å². The quantitative estimate of drug-likeness (QED) is 0.889. The average Bonchev–Trinajstić information content (AvgIpc) is 2.53. The topological polar surface area (TPSA) is 54.0 Å². The van der Waals surface area contributed by atoms with Gasteiger partial charge in [-0.05, 0) is 47.9 Å². The molecule has 0 unspecified atom stereocenters. The molecule has 4 heteroatoms. The molecule has 2 aromatic rings. The monoisotopic (exact) mass is 267 g/mol. The summed E-state index contributed by atoms with van der Waals surface area (Å²) in [5.41, 5.74) is 4.27. The Morgan fingerprint density at radius 3 is 2.95 bits per heavy atom. The highest BCUT2D eigenvalue weighted by molar-refractivity contribution is 5.96. The Balaban J connectivity index is 1.74. The predicted molar refractivity (Wildman–Crippen MR) is 77.3 cm³/mol. The number of benzene rings is 1. The van der Waals surface area contributed by atoms with Crippen molar-refractivity contribution in [2.24, 2.45) is 0 Å². The number of hydrogen-bond acceptors (Lipinski definition) is 3. The Morgan fingerprint density at radius 1 is 1.25 bits per heavy atom. The summed E-state index contributed by atoms with van der Waals surface area (Å²) in [4.78, 5) is 16.3. The highest BCUT2D eigenvalue weighted by atomic mass is 16.1. The molecule has 1 aliphatic rings. The molecule has 20 heavy (non-hydrogen) atoms. The molecule has 1 aromatic carbocycles. The Morgan fingerprint density at radius 2 is 2.10 bits per heavy atom. The van der Waals surface area contributed by atoms with Crippen LogP contribution in [0.25, 0.3) is 0 Å². The van der Waals surface area contributed by atoms with Crippen molar-refractivity contribution >= 4 is 5.91 Å². The Hall–Kier alpha value is -2.20. The summed E-state index contributed by atoms with van der Waals surface area (Å²) in [6.45, 7) is 2.31. The molecular formula is C16H17N3O. The molecule has 2 N–H and O–H groups in total. The SMILES string of the molecule is O=C(NCc1ccncc1)c1cccc2c1CCNC2. The third-order valence-corrected chi connectivity index (χ3v) is 3.59. The first-order valence-electron chi connectivity index (χ1n) is 6.83. The van der Waals surface area contributed by atoms with Crippen molar-refractivity contribution in [1.82, 2.24) is 15.6 Å². The van der Waals surface area contributed by atoms with Crippen LogP contribution in [0.15, 0.2) is 42.7 Å². The van der Waals surface area contributed by atoms with Gasteiger partial charge in [0.05, 0.1) is 0 Å². The molecule has 0 saturated carbocycles. The van der Waals surface area contributed by atoms with Crippen molar-refractivity contribution in [2.45, 2.75) is 19.5 Å². The Labute approximate surface area is 118 Å². The minimum atomic E-state index is 0.000521. The molecular weight excluding hydrogens is 250 g/mol. The Kier molecular flexibility index (Phi) is 3.74. The molecule has 3 rings (SSSR count). The van der Waals surface area contributed by atoms with Gasteiger partial charge in [0.1, 0.15) is 0 Å². The van der Waals surface area contributed by atoms with Crippen LogP contribution in [0.1, 0.15) is 27.0 Å². The lowest BCUT2D eigenvalue weighted by atomic mass is 9.95. The van der Waals surface area contributed by atoms with Crippen LogP contribution >= 0.6 is 0 Å². The summed E-state index contributed by atoms with van der Waals surface area (Å²) in [6, 6.07) is 9.76. The molecule has 0 spiro atoms. The van der Waals surface area contributed by atoms with E-state index < -0.39 is 0 Å².